The molecule has 0 saturated carbocycles. The molecule has 47 heavy (non-hydrogen) atoms. The lowest BCUT2D eigenvalue weighted by Crippen LogP contribution is -2.64. The van der Waals surface area contributed by atoms with Gasteiger partial charge in [-0.3, -0.25) is 29.0 Å². The van der Waals surface area contributed by atoms with Crippen LogP contribution in [-0.2, 0) is 30.2 Å². The predicted octanol–water partition coefficient (Wildman–Crippen LogP) is 2.55. The van der Waals surface area contributed by atoms with E-state index in [1.54, 1.807) is 18.8 Å². The molecule has 2 heterocycles. The van der Waals surface area contributed by atoms with Crippen molar-refractivity contribution < 1.29 is 28.6 Å². The number of hydrogen-bond acceptors (Lipinski definition) is 10. The third-order valence-corrected chi connectivity index (χ3v) is 8.11. The highest BCUT2D eigenvalue weighted by molar-refractivity contribution is 6.53. The highest BCUT2D eigenvalue weighted by Gasteiger charge is 2.45. The van der Waals surface area contributed by atoms with Crippen molar-refractivity contribution in [2.45, 2.75) is 51.6 Å². The van der Waals surface area contributed by atoms with E-state index in [0.717, 1.165) is 11.3 Å². The van der Waals surface area contributed by atoms with Gasteiger partial charge in [0.25, 0.3) is 11.9 Å². The van der Waals surface area contributed by atoms with Crippen LogP contribution in [0.25, 0.3) is 0 Å². The van der Waals surface area contributed by atoms with E-state index in [0.29, 0.717) is 13.0 Å². The molecule has 1 saturated heterocycles. The first kappa shape index (κ1) is 35.1. The van der Waals surface area contributed by atoms with Gasteiger partial charge in [0.05, 0.1) is 25.2 Å². The molecule has 4 atom stereocenters. The average molecular weight is 643 g/mol. The number of hydrogen-bond donors (Lipinski definition) is 2. The Labute approximate surface area is 276 Å². The minimum atomic E-state index is -1.02. The summed E-state index contributed by atoms with van der Waals surface area (Å²) in [7, 11) is 1.99. The molecule has 2 aromatic carbocycles. The second kappa shape index (κ2) is 16.7. The number of esters is 1. The number of benzene rings is 2. The summed E-state index contributed by atoms with van der Waals surface area (Å²) < 4.78 is 11.4. The molecular formula is C34H43BN6O6. The van der Waals surface area contributed by atoms with Crippen molar-refractivity contribution in [3.8, 4) is 0 Å². The summed E-state index contributed by atoms with van der Waals surface area (Å²) in [5, 5.41) is 5.88. The quantitative estimate of drug-likeness (QED) is 0.237. The predicted molar refractivity (Wildman–Crippen MR) is 178 cm³/mol. The van der Waals surface area contributed by atoms with Gasteiger partial charge in [0, 0.05) is 37.6 Å². The van der Waals surface area contributed by atoms with Gasteiger partial charge in [-0.15, -0.1) is 0 Å². The highest BCUT2D eigenvalue weighted by atomic mass is 16.5. The Hall–Kier alpha value is -4.78. The summed E-state index contributed by atoms with van der Waals surface area (Å²) in [6, 6.07) is 17.0. The summed E-state index contributed by atoms with van der Waals surface area (Å²) in [6.45, 7) is 6.29. The Bertz CT molecular complexity index is 1480. The van der Waals surface area contributed by atoms with Gasteiger partial charge < -0.3 is 24.9 Å². The zero-order valence-corrected chi connectivity index (χ0v) is 27.5. The number of carbonyl (C=O) groups excluding carboxylic acids is 4. The molecule has 1 fully saturated rings. The minimum Gasteiger partial charge on any atom is -0.518 e. The van der Waals surface area contributed by atoms with E-state index < -0.39 is 54.7 Å². The first-order chi connectivity index (χ1) is 22.6. The number of aromatic nitrogens is 2. The van der Waals surface area contributed by atoms with Crippen LogP contribution >= 0.6 is 0 Å². The van der Waals surface area contributed by atoms with E-state index in [1.165, 1.54) is 25.7 Å². The van der Waals surface area contributed by atoms with Crippen molar-refractivity contribution in [1.29, 1.82) is 0 Å². The van der Waals surface area contributed by atoms with E-state index in [-0.39, 0.29) is 24.6 Å². The van der Waals surface area contributed by atoms with Crippen LogP contribution in [-0.4, -0.2) is 90.9 Å². The van der Waals surface area contributed by atoms with Crippen molar-refractivity contribution in [3.05, 3.63) is 90.5 Å². The van der Waals surface area contributed by atoms with Gasteiger partial charge in [0.1, 0.15) is 17.8 Å². The topological polar surface area (TPSA) is 143 Å². The monoisotopic (exact) mass is 642 g/mol. The SMILES string of the molecule is COC(=O)[C@@H]1CN(c2ccccc2)C[C@H](C)C(=O)OB([C@H](CC(C)C)NC(=O)[C@H](Cc2ccccc2)NC(=O)c2cnccn2)N1C. The van der Waals surface area contributed by atoms with Crippen LogP contribution in [0.1, 0.15) is 43.2 Å². The van der Waals surface area contributed by atoms with E-state index in [4.69, 9.17) is 9.39 Å². The number of rotatable bonds is 11. The van der Waals surface area contributed by atoms with E-state index in [9.17, 15) is 19.2 Å². The van der Waals surface area contributed by atoms with Gasteiger partial charge in [-0.2, -0.15) is 0 Å². The van der Waals surface area contributed by atoms with Gasteiger partial charge >= 0.3 is 13.0 Å². The van der Waals surface area contributed by atoms with E-state index in [1.807, 2.05) is 79.4 Å². The van der Waals surface area contributed by atoms with Gasteiger partial charge in [0.15, 0.2) is 0 Å². The number of likely N-dealkylation sites (N-methyl/N-ethyl adjacent to an activating group) is 1. The molecule has 0 unspecified atom stereocenters. The second-order valence-corrected chi connectivity index (χ2v) is 12.2. The molecule has 0 aliphatic carbocycles. The Morgan fingerprint density at radius 1 is 1.02 bits per heavy atom. The fraction of sp³-hybridized carbons (Fsp3) is 0.412. The van der Waals surface area contributed by atoms with Gasteiger partial charge in [-0.25, -0.2) is 4.98 Å². The van der Waals surface area contributed by atoms with E-state index in [2.05, 4.69) is 20.6 Å². The number of nitrogens with one attached hydrogen (secondary N) is 2. The number of carbonyl (C=O) groups is 4. The summed E-state index contributed by atoms with van der Waals surface area (Å²) >= 11 is 0. The van der Waals surface area contributed by atoms with Crippen molar-refractivity contribution in [2.24, 2.45) is 11.8 Å². The zero-order chi connectivity index (χ0) is 33.9. The fourth-order valence-electron chi connectivity index (χ4n) is 5.65. The van der Waals surface area contributed by atoms with Crippen molar-refractivity contribution in [2.75, 3.05) is 32.1 Å². The van der Waals surface area contributed by atoms with Gasteiger partial charge in [-0.05, 0) is 37.1 Å². The summed E-state index contributed by atoms with van der Waals surface area (Å²) in [5.41, 5.74) is 1.75. The van der Waals surface area contributed by atoms with Crippen LogP contribution in [0.5, 0.6) is 0 Å². The standard InChI is InChI=1S/C34H43BN6O6/c1-23(2)18-30(39-31(42)27(19-25-12-8-6-9-13-25)38-32(43)28-20-36-16-17-37-28)35-40(4)29(34(45)46-5)22-41(21-24(3)33(44)47-35)26-14-10-7-11-15-26/h6-17,20,23-24,27,29-30H,18-19,21-22H2,1-5H3,(H,38,43)(H,39,42)/t24-,27-,29-,30-/m0/s1. The third kappa shape index (κ3) is 9.61. The summed E-state index contributed by atoms with van der Waals surface area (Å²) in [4.78, 5) is 65.8. The number of para-hydroxylation sites is 1. The molecule has 248 valence electrons. The van der Waals surface area contributed by atoms with Crippen LogP contribution in [0.15, 0.2) is 79.3 Å². The summed E-state index contributed by atoms with van der Waals surface area (Å²) in [5.74, 6) is -3.22. The largest absolute Gasteiger partial charge is 0.518 e. The molecule has 0 spiro atoms. The average Bonchev–Trinajstić information content (AvgIpc) is 3.12. The molecule has 13 heteroatoms. The molecule has 4 rings (SSSR count). The third-order valence-electron chi connectivity index (χ3n) is 8.11. The normalized spacial score (nSPS) is 18.6. The lowest BCUT2D eigenvalue weighted by atomic mass is 9.66. The van der Waals surface area contributed by atoms with Gasteiger partial charge in [0.2, 0.25) is 5.91 Å². The van der Waals surface area contributed by atoms with E-state index >= 15 is 0 Å². The van der Waals surface area contributed by atoms with Gasteiger partial charge in [-0.1, -0.05) is 69.3 Å². The number of anilines is 1. The lowest BCUT2D eigenvalue weighted by Gasteiger charge is -2.36. The first-order valence-electron chi connectivity index (χ1n) is 15.8. The minimum absolute atomic E-state index is 0.0663. The molecule has 0 radical (unpaired) electrons. The molecule has 2 N–H and O–H groups in total. The zero-order valence-electron chi connectivity index (χ0n) is 27.5. The first-order valence-corrected chi connectivity index (χ1v) is 15.8. The molecule has 2 amide bonds. The smallest absolute Gasteiger partial charge is 0.475 e. The molecule has 1 aromatic heterocycles. The number of amides is 2. The van der Waals surface area contributed by atoms with Crippen LogP contribution in [0.4, 0.5) is 5.69 Å². The van der Waals surface area contributed by atoms with Crippen LogP contribution < -0.4 is 15.5 Å². The maximum atomic E-state index is 14.1. The maximum Gasteiger partial charge on any atom is 0.475 e. The Balaban J connectivity index is 1.67. The van der Waals surface area contributed by atoms with Crippen molar-refractivity contribution >= 4 is 36.5 Å². The molecule has 3 aromatic rings. The Morgan fingerprint density at radius 2 is 1.70 bits per heavy atom. The lowest BCUT2D eigenvalue weighted by molar-refractivity contribution is -0.145. The second-order valence-electron chi connectivity index (χ2n) is 12.2. The van der Waals surface area contributed by atoms with Crippen molar-refractivity contribution in [1.82, 2.24) is 25.4 Å². The Morgan fingerprint density at radius 3 is 2.32 bits per heavy atom. The molecular weight excluding hydrogens is 599 g/mol. The Kier molecular flexibility index (Phi) is 12.5. The van der Waals surface area contributed by atoms with Crippen LogP contribution in [0, 0.1) is 11.8 Å². The molecule has 1 aliphatic rings. The summed E-state index contributed by atoms with van der Waals surface area (Å²) in [6.07, 6.45) is 4.79. The number of ether oxygens (including phenoxy) is 1. The highest BCUT2D eigenvalue weighted by Crippen LogP contribution is 2.23. The maximum absolute atomic E-state index is 14.1. The molecule has 1 aliphatic heterocycles. The van der Waals surface area contributed by atoms with Crippen LogP contribution in [0.3, 0.4) is 0 Å². The fourth-order valence-corrected chi connectivity index (χ4v) is 5.65. The van der Waals surface area contributed by atoms with Crippen molar-refractivity contribution in [3.63, 3.8) is 0 Å². The molecule has 0 bridgehead atoms. The van der Waals surface area contributed by atoms with Crippen LogP contribution in [0.2, 0.25) is 0 Å². The number of methoxy groups -OCH3 is 1. The number of nitrogens with zero attached hydrogens (tertiary/aromatic N) is 4. The molecule has 12 nitrogen and oxygen atoms in total.